The molecule has 1 atom stereocenters. The minimum atomic E-state index is -0.456. The molecule has 23 heavy (non-hydrogen) atoms. The lowest BCUT2D eigenvalue weighted by atomic mass is 10.1. The maximum absolute atomic E-state index is 12.5. The highest BCUT2D eigenvalue weighted by molar-refractivity contribution is 6.04. The quantitative estimate of drug-likeness (QED) is 0.908. The standard InChI is InChI=1S/C17H18N2O4/c1-11-4-5-12(17(22)19-7-6-13(20)10-19)9-14(11)18-16(21)15-3-2-8-23-15/h2-5,8-9,13,20H,6-7,10H2,1H3,(H,18,21)/t13-/m1/s1. The van der Waals surface area contributed by atoms with E-state index in [4.69, 9.17) is 4.42 Å². The molecule has 1 aromatic carbocycles. The molecule has 3 rings (SSSR count). The molecule has 2 aromatic rings. The van der Waals surface area contributed by atoms with Crippen molar-refractivity contribution < 1.29 is 19.1 Å². The van der Waals surface area contributed by atoms with Crippen LogP contribution in [0.2, 0.25) is 0 Å². The predicted molar refractivity (Wildman–Crippen MR) is 84.4 cm³/mol. The van der Waals surface area contributed by atoms with Gasteiger partial charge in [0.15, 0.2) is 5.76 Å². The summed E-state index contributed by atoms with van der Waals surface area (Å²) in [4.78, 5) is 26.1. The monoisotopic (exact) mass is 314 g/mol. The summed E-state index contributed by atoms with van der Waals surface area (Å²) in [5.41, 5.74) is 1.90. The first-order chi connectivity index (χ1) is 11.0. The van der Waals surface area contributed by atoms with Crippen molar-refractivity contribution in [1.29, 1.82) is 0 Å². The normalized spacial score (nSPS) is 17.3. The van der Waals surface area contributed by atoms with Crippen molar-refractivity contribution in [2.75, 3.05) is 18.4 Å². The number of rotatable bonds is 3. The molecule has 120 valence electrons. The fourth-order valence-corrected chi connectivity index (χ4v) is 2.59. The summed E-state index contributed by atoms with van der Waals surface area (Å²) < 4.78 is 5.06. The molecule has 0 spiro atoms. The molecular weight excluding hydrogens is 296 g/mol. The van der Waals surface area contributed by atoms with E-state index in [1.165, 1.54) is 6.26 Å². The lowest BCUT2D eigenvalue weighted by Gasteiger charge is -2.17. The number of aliphatic hydroxyl groups is 1. The van der Waals surface area contributed by atoms with E-state index in [-0.39, 0.29) is 17.6 Å². The molecule has 6 nitrogen and oxygen atoms in total. The number of aliphatic hydroxyl groups excluding tert-OH is 1. The van der Waals surface area contributed by atoms with Crippen LogP contribution in [0.5, 0.6) is 0 Å². The van der Waals surface area contributed by atoms with E-state index in [0.29, 0.717) is 30.8 Å². The van der Waals surface area contributed by atoms with Gasteiger partial charge in [-0.2, -0.15) is 0 Å². The Morgan fingerprint density at radius 1 is 1.35 bits per heavy atom. The van der Waals surface area contributed by atoms with Gasteiger partial charge < -0.3 is 19.7 Å². The summed E-state index contributed by atoms with van der Waals surface area (Å²) in [6.45, 7) is 2.74. The lowest BCUT2D eigenvalue weighted by molar-refractivity contribution is 0.0764. The summed E-state index contributed by atoms with van der Waals surface area (Å²) in [5, 5.41) is 12.3. The minimum absolute atomic E-state index is 0.143. The molecule has 0 bridgehead atoms. The zero-order chi connectivity index (χ0) is 16.4. The number of β-amino-alcohol motifs (C(OH)–C–C–N with tert-alkyl or cyclic N) is 1. The van der Waals surface area contributed by atoms with Crippen molar-refractivity contribution in [3.8, 4) is 0 Å². The highest BCUT2D eigenvalue weighted by atomic mass is 16.3. The van der Waals surface area contributed by atoms with Crippen LogP contribution in [-0.2, 0) is 0 Å². The van der Waals surface area contributed by atoms with E-state index >= 15 is 0 Å². The van der Waals surface area contributed by atoms with Crippen LogP contribution >= 0.6 is 0 Å². The van der Waals surface area contributed by atoms with Crippen LogP contribution in [0.15, 0.2) is 41.0 Å². The average Bonchev–Trinajstić information content (AvgIpc) is 3.20. The van der Waals surface area contributed by atoms with Gasteiger partial charge in [-0.25, -0.2) is 0 Å². The molecule has 2 heterocycles. The maximum atomic E-state index is 12.5. The van der Waals surface area contributed by atoms with Gasteiger partial charge in [-0.05, 0) is 43.2 Å². The number of hydrogen-bond donors (Lipinski definition) is 2. The molecule has 0 aliphatic carbocycles. The Hall–Kier alpha value is -2.60. The molecule has 0 saturated carbocycles. The van der Waals surface area contributed by atoms with E-state index in [1.54, 1.807) is 35.2 Å². The van der Waals surface area contributed by atoms with E-state index in [2.05, 4.69) is 5.32 Å². The van der Waals surface area contributed by atoms with Crippen LogP contribution in [0, 0.1) is 6.92 Å². The molecule has 1 saturated heterocycles. The van der Waals surface area contributed by atoms with Gasteiger partial charge in [-0.15, -0.1) is 0 Å². The van der Waals surface area contributed by atoms with Crippen molar-refractivity contribution in [1.82, 2.24) is 4.90 Å². The number of carbonyl (C=O) groups excluding carboxylic acids is 2. The fraction of sp³-hybridized carbons (Fsp3) is 0.294. The second-order valence-corrected chi connectivity index (χ2v) is 5.65. The van der Waals surface area contributed by atoms with Crippen molar-refractivity contribution in [2.24, 2.45) is 0 Å². The first-order valence-corrected chi connectivity index (χ1v) is 7.47. The number of hydrogen-bond acceptors (Lipinski definition) is 4. The third kappa shape index (κ3) is 3.27. The van der Waals surface area contributed by atoms with E-state index in [1.807, 2.05) is 6.92 Å². The Labute approximate surface area is 133 Å². The summed E-state index contributed by atoms with van der Waals surface area (Å²) in [5.74, 6) is -0.293. The van der Waals surface area contributed by atoms with Crippen LogP contribution in [0.25, 0.3) is 0 Å². The molecule has 1 fully saturated rings. The number of amides is 2. The van der Waals surface area contributed by atoms with Gasteiger partial charge >= 0.3 is 0 Å². The van der Waals surface area contributed by atoms with Gasteiger partial charge in [0.1, 0.15) is 0 Å². The number of nitrogens with one attached hydrogen (secondary N) is 1. The Balaban J connectivity index is 1.79. The molecule has 1 aromatic heterocycles. The highest BCUT2D eigenvalue weighted by Gasteiger charge is 2.25. The maximum Gasteiger partial charge on any atom is 0.291 e. The zero-order valence-electron chi connectivity index (χ0n) is 12.8. The van der Waals surface area contributed by atoms with Gasteiger partial charge in [0, 0.05) is 24.3 Å². The Kier molecular flexibility index (Phi) is 4.16. The number of furan rings is 1. The Morgan fingerprint density at radius 2 is 2.17 bits per heavy atom. The summed E-state index contributed by atoms with van der Waals surface area (Å²) in [6.07, 6.45) is 1.57. The zero-order valence-corrected chi connectivity index (χ0v) is 12.8. The van der Waals surface area contributed by atoms with Gasteiger partial charge in [0.25, 0.3) is 11.8 Å². The van der Waals surface area contributed by atoms with Gasteiger partial charge in [0.05, 0.1) is 12.4 Å². The second-order valence-electron chi connectivity index (χ2n) is 5.65. The van der Waals surface area contributed by atoms with E-state index in [9.17, 15) is 14.7 Å². The molecule has 0 unspecified atom stereocenters. The molecule has 2 N–H and O–H groups in total. The summed E-state index contributed by atoms with van der Waals surface area (Å²) in [7, 11) is 0. The Bertz CT molecular complexity index is 724. The highest BCUT2D eigenvalue weighted by Crippen LogP contribution is 2.21. The fourth-order valence-electron chi connectivity index (χ4n) is 2.59. The topological polar surface area (TPSA) is 82.8 Å². The molecule has 1 aliphatic heterocycles. The van der Waals surface area contributed by atoms with Crippen LogP contribution in [-0.4, -0.2) is 41.0 Å². The molecule has 6 heteroatoms. The predicted octanol–water partition coefficient (Wildman–Crippen LogP) is 2.05. The van der Waals surface area contributed by atoms with Crippen LogP contribution in [0.3, 0.4) is 0 Å². The number of aryl methyl sites for hydroxylation is 1. The third-order valence-electron chi connectivity index (χ3n) is 3.93. The van der Waals surface area contributed by atoms with Crippen molar-refractivity contribution >= 4 is 17.5 Å². The second kappa shape index (κ2) is 6.26. The van der Waals surface area contributed by atoms with Gasteiger partial charge in [0.2, 0.25) is 0 Å². The Morgan fingerprint density at radius 3 is 2.83 bits per heavy atom. The number of benzene rings is 1. The summed E-state index contributed by atoms with van der Waals surface area (Å²) >= 11 is 0. The van der Waals surface area contributed by atoms with Crippen LogP contribution in [0.4, 0.5) is 5.69 Å². The van der Waals surface area contributed by atoms with Crippen molar-refractivity contribution in [3.05, 3.63) is 53.5 Å². The van der Waals surface area contributed by atoms with Gasteiger partial charge in [-0.1, -0.05) is 6.07 Å². The minimum Gasteiger partial charge on any atom is -0.459 e. The van der Waals surface area contributed by atoms with Crippen molar-refractivity contribution in [3.63, 3.8) is 0 Å². The molecule has 2 amide bonds. The molecule has 0 radical (unpaired) electrons. The third-order valence-corrected chi connectivity index (χ3v) is 3.93. The van der Waals surface area contributed by atoms with Gasteiger partial charge in [-0.3, -0.25) is 9.59 Å². The smallest absolute Gasteiger partial charge is 0.291 e. The number of carbonyl (C=O) groups is 2. The largest absolute Gasteiger partial charge is 0.459 e. The van der Waals surface area contributed by atoms with Crippen LogP contribution in [0.1, 0.15) is 32.9 Å². The summed E-state index contributed by atoms with van der Waals surface area (Å²) in [6, 6.07) is 8.39. The number of nitrogens with zero attached hydrogens (tertiary/aromatic N) is 1. The average molecular weight is 314 g/mol. The first-order valence-electron chi connectivity index (χ1n) is 7.47. The molecular formula is C17H18N2O4. The molecule has 1 aliphatic rings. The number of likely N-dealkylation sites (tertiary alicyclic amines) is 1. The first kappa shape index (κ1) is 15.3. The van der Waals surface area contributed by atoms with E-state index < -0.39 is 6.10 Å². The van der Waals surface area contributed by atoms with Crippen LogP contribution < -0.4 is 5.32 Å². The SMILES string of the molecule is Cc1ccc(C(=O)N2CC[C@@H](O)C2)cc1NC(=O)c1ccco1. The lowest BCUT2D eigenvalue weighted by Crippen LogP contribution is -2.29. The number of anilines is 1. The van der Waals surface area contributed by atoms with E-state index in [0.717, 1.165) is 5.56 Å². The van der Waals surface area contributed by atoms with Crippen molar-refractivity contribution in [2.45, 2.75) is 19.4 Å².